The molecule has 1 aliphatic heterocycles. The molecule has 5 rings (SSSR count). The normalized spacial score (nSPS) is 14.8. The molecule has 1 fully saturated rings. The summed E-state index contributed by atoms with van der Waals surface area (Å²) in [5.41, 5.74) is 3.56. The fourth-order valence-electron chi connectivity index (χ4n) is 4.09. The van der Waals surface area contributed by atoms with Crippen LogP contribution in [-0.4, -0.2) is 29.4 Å². The summed E-state index contributed by atoms with van der Waals surface area (Å²) in [6.45, 7) is 3.02. The van der Waals surface area contributed by atoms with Crippen LogP contribution in [0.25, 0.3) is 17.0 Å². The number of thioether (sulfide) groups is 1. The molecule has 0 radical (unpaired) electrons. The first-order chi connectivity index (χ1) is 17.0. The van der Waals surface area contributed by atoms with E-state index in [-0.39, 0.29) is 11.1 Å². The minimum atomic E-state index is -0.305. The number of amides is 2. The van der Waals surface area contributed by atoms with Gasteiger partial charge < -0.3 is 14.0 Å². The Bertz CT molecular complexity index is 1440. The first-order valence-electron chi connectivity index (χ1n) is 11.2. The Morgan fingerprint density at radius 1 is 0.914 bits per heavy atom. The third kappa shape index (κ3) is 4.55. The Morgan fingerprint density at radius 2 is 1.63 bits per heavy atom. The first-order valence-corrected chi connectivity index (χ1v) is 12.0. The number of hydrogen-bond acceptors (Lipinski definition) is 5. The standard InChI is InChI=1S/C28H24N2O4S/c1-19-11-13-21(14-12-19)30-27(31)26(35-28(30)32)17-20-18-29(23-8-4-3-7-22(20)23)15-16-34-25-10-6-5-9-24(25)33-2/h3-14,17-18H,15-16H2,1-2H3/b26-17-. The van der Waals surface area contributed by atoms with Crippen LogP contribution >= 0.6 is 11.8 Å². The van der Waals surface area contributed by atoms with E-state index in [2.05, 4.69) is 4.57 Å². The summed E-state index contributed by atoms with van der Waals surface area (Å²) in [6, 6.07) is 22.9. The van der Waals surface area contributed by atoms with Crippen LogP contribution in [0.1, 0.15) is 11.1 Å². The second-order valence-electron chi connectivity index (χ2n) is 8.15. The molecule has 35 heavy (non-hydrogen) atoms. The molecule has 7 heteroatoms. The van der Waals surface area contributed by atoms with Crippen molar-refractivity contribution in [2.24, 2.45) is 0 Å². The Labute approximate surface area is 207 Å². The van der Waals surface area contributed by atoms with Gasteiger partial charge in [0.25, 0.3) is 11.1 Å². The van der Waals surface area contributed by atoms with Crippen molar-refractivity contribution in [3.05, 3.63) is 95.0 Å². The zero-order chi connectivity index (χ0) is 24.4. The summed E-state index contributed by atoms with van der Waals surface area (Å²) in [4.78, 5) is 27.4. The topological polar surface area (TPSA) is 60.8 Å². The van der Waals surface area contributed by atoms with E-state index in [0.717, 1.165) is 33.8 Å². The van der Waals surface area contributed by atoms with Crippen LogP contribution in [0.4, 0.5) is 10.5 Å². The van der Waals surface area contributed by atoms with Crippen LogP contribution in [0.2, 0.25) is 0 Å². The number of anilines is 1. The van der Waals surface area contributed by atoms with Crippen molar-refractivity contribution in [1.29, 1.82) is 0 Å². The van der Waals surface area contributed by atoms with Gasteiger partial charge in [0, 0.05) is 22.7 Å². The lowest BCUT2D eigenvalue weighted by Crippen LogP contribution is -2.27. The van der Waals surface area contributed by atoms with E-state index < -0.39 is 0 Å². The van der Waals surface area contributed by atoms with Gasteiger partial charge in [0.1, 0.15) is 6.61 Å². The highest BCUT2D eigenvalue weighted by Gasteiger charge is 2.36. The summed E-state index contributed by atoms with van der Waals surface area (Å²) < 4.78 is 13.4. The lowest BCUT2D eigenvalue weighted by molar-refractivity contribution is -0.113. The number of benzene rings is 3. The van der Waals surface area contributed by atoms with E-state index in [1.807, 2.05) is 73.8 Å². The van der Waals surface area contributed by atoms with Crippen LogP contribution in [0.15, 0.2) is 83.9 Å². The summed E-state index contributed by atoms with van der Waals surface area (Å²) in [7, 11) is 1.62. The number of aromatic nitrogens is 1. The molecule has 0 unspecified atom stereocenters. The van der Waals surface area contributed by atoms with Gasteiger partial charge in [-0.2, -0.15) is 0 Å². The molecule has 4 aromatic rings. The maximum atomic E-state index is 13.1. The van der Waals surface area contributed by atoms with Crippen molar-refractivity contribution < 1.29 is 19.1 Å². The number of para-hydroxylation sites is 3. The third-order valence-corrected chi connectivity index (χ3v) is 6.72. The van der Waals surface area contributed by atoms with Crippen LogP contribution in [-0.2, 0) is 11.3 Å². The van der Waals surface area contributed by atoms with E-state index in [9.17, 15) is 9.59 Å². The van der Waals surface area contributed by atoms with E-state index in [0.29, 0.717) is 35.2 Å². The third-order valence-electron chi connectivity index (χ3n) is 5.85. The van der Waals surface area contributed by atoms with Crippen LogP contribution in [0, 0.1) is 6.92 Å². The number of aryl methyl sites for hydroxylation is 1. The summed E-state index contributed by atoms with van der Waals surface area (Å²) in [6.07, 6.45) is 3.80. The average Bonchev–Trinajstić information content (AvgIpc) is 3.36. The monoisotopic (exact) mass is 484 g/mol. The number of hydrogen-bond donors (Lipinski definition) is 0. The highest BCUT2D eigenvalue weighted by molar-refractivity contribution is 8.19. The molecule has 176 valence electrons. The van der Waals surface area contributed by atoms with E-state index >= 15 is 0 Å². The highest BCUT2D eigenvalue weighted by Crippen LogP contribution is 2.37. The molecule has 0 N–H and O–H groups in total. The number of imide groups is 1. The maximum Gasteiger partial charge on any atom is 0.298 e. The number of ether oxygens (including phenoxy) is 2. The van der Waals surface area contributed by atoms with Gasteiger partial charge in [-0.3, -0.25) is 9.59 Å². The van der Waals surface area contributed by atoms with Crippen molar-refractivity contribution in [2.45, 2.75) is 13.5 Å². The predicted octanol–water partition coefficient (Wildman–Crippen LogP) is 6.28. The van der Waals surface area contributed by atoms with Crippen LogP contribution in [0.3, 0.4) is 0 Å². The number of nitrogens with zero attached hydrogens (tertiary/aromatic N) is 2. The molecule has 0 atom stereocenters. The Balaban J connectivity index is 1.40. The smallest absolute Gasteiger partial charge is 0.298 e. The lowest BCUT2D eigenvalue weighted by atomic mass is 10.1. The number of carbonyl (C=O) groups excluding carboxylic acids is 2. The zero-order valence-corrected chi connectivity index (χ0v) is 20.2. The molecule has 0 bridgehead atoms. The molecule has 2 heterocycles. The molecule has 1 aliphatic rings. The minimum Gasteiger partial charge on any atom is -0.493 e. The molecule has 0 saturated carbocycles. The SMILES string of the molecule is COc1ccccc1OCCn1cc(/C=C2\SC(=O)N(c3ccc(C)cc3)C2=O)c2ccccc21. The zero-order valence-electron chi connectivity index (χ0n) is 19.4. The quantitative estimate of drug-likeness (QED) is 0.289. The largest absolute Gasteiger partial charge is 0.493 e. The van der Waals surface area contributed by atoms with Crippen molar-refractivity contribution in [3.63, 3.8) is 0 Å². The Morgan fingerprint density at radius 3 is 2.40 bits per heavy atom. The van der Waals surface area contributed by atoms with E-state index in [1.165, 1.54) is 4.90 Å². The summed E-state index contributed by atoms with van der Waals surface area (Å²) in [5, 5.41) is 0.714. The fourth-order valence-corrected chi connectivity index (χ4v) is 4.92. The molecule has 3 aromatic carbocycles. The second kappa shape index (κ2) is 9.72. The van der Waals surface area contributed by atoms with Gasteiger partial charge in [0.15, 0.2) is 11.5 Å². The predicted molar refractivity (Wildman–Crippen MR) is 140 cm³/mol. The number of methoxy groups -OCH3 is 1. The first kappa shape index (κ1) is 22.8. The Kier molecular flexibility index (Phi) is 6.33. The summed E-state index contributed by atoms with van der Waals surface area (Å²) >= 11 is 0.963. The van der Waals surface area contributed by atoms with E-state index in [1.54, 1.807) is 25.3 Å². The number of fused-ring (bicyclic) bond motifs is 1. The second-order valence-corrected chi connectivity index (χ2v) is 9.14. The summed E-state index contributed by atoms with van der Waals surface area (Å²) in [5.74, 6) is 1.08. The molecule has 1 aromatic heterocycles. The van der Waals surface area contributed by atoms with Crippen LogP contribution < -0.4 is 14.4 Å². The molecule has 2 amide bonds. The van der Waals surface area contributed by atoms with Gasteiger partial charge in [-0.1, -0.05) is 48.0 Å². The average molecular weight is 485 g/mol. The fraction of sp³-hybridized carbons (Fsp3) is 0.143. The van der Waals surface area contributed by atoms with Gasteiger partial charge >= 0.3 is 0 Å². The number of rotatable bonds is 7. The van der Waals surface area contributed by atoms with Gasteiger partial charge in [-0.05, 0) is 55.1 Å². The molecular weight excluding hydrogens is 460 g/mol. The van der Waals surface area contributed by atoms with Crippen molar-refractivity contribution in [2.75, 3.05) is 18.6 Å². The van der Waals surface area contributed by atoms with Crippen molar-refractivity contribution in [3.8, 4) is 11.5 Å². The van der Waals surface area contributed by atoms with Gasteiger partial charge in [-0.25, -0.2) is 4.90 Å². The van der Waals surface area contributed by atoms with Crippen LogP contribution in [0.5, 0.6) is 11.5 Å². The van der Waals surface area contributed by atoms with Gasteiger partial charge in [0.05, 0.1) is 24.2 Å². The number of carbonyl (C=O) groups is 2. The van der Waals surface area contributed by atoms with Crippen molar-refractivity contribution in [1.82, 2.24) is 4.57 Å². The molecule has 0 spiro atoms. The molecule has 1 saturated heterocycles. The van der Waals surface area contributed by atoms with Gasteiger partial charge in [0.2, 0.25) is 0 Å². The van der Waals surface area contributed by atoms with E-state index in [4.69, 9.17) is 9.47 Å². The van der Waals surface area contributed by atoms with Crippen molar-refractivity contribution >= 4 is 45.6 Å². The highest BCUT2D eigenvalue weighted by atomic mass is 32.2. The molecular formula is C28H24N2O4S. The molecule has 0 aliphatic carbocycles. The maximum absolute atomic E-state index is 13.1. The van der Waals surface area contributed by atoms with Gasteiger partial charge in [-0.15, -0.1) is 0 Å². The lowest BCUT2D eigenvalue weighted by Gasteiger charge is -2.12. The molecule has 6 nitrogen and oxygen atoms in total. The minimum absolute atomic E-state index is 0.293. The Hall–Kier alpha value is -3.97.